The molecule has 9 N–H and O–H groups in total. The van der Waals surface area contributed by atoms with Crippen molar-refractivity contribution < 1.29 is 93.0 Å². The van der Waals surface area contributed by atoms with Gasteiger partial charge in [-0.25, -0.2) is 19.2 Å². The van der Waals surface area contributed by atoms with Gasteiger partial charge in [-0.05, 0) is 51.0 Å². The molecule has 0 aliphatic carbocycles. The minimum Gasteiger partial charge on any atom is -0.489 e. The lowest BCUT2D eigenvalue weighted by Crippen LogP contribution is -2.21. The first-order chi connectivity index (χ1) is 21.0. The van der Waals surface area contributed by atoms with Gasteiger partial charge in [-0.15, -0.1) is 0 Å². The zero-order valence-corrected chi connectivity index (χ0v) is 23.8. The molecule has 0 spiro atoms. The van der Waals surface area contributed by atoms with Crippen LogP contribution in [0.2, 0.25) is 0 Å². The highest BCUT2D eigenvalue weighted by atomic mass is 19.4. The summed E-state index contributed by atoms with van der Waals surface area (Å²) in [5, 5.41) is 21.4. The fourth-order valence-corrected chi connectivity index (χ4v) is 1.96. The minimum atomic E-state index is -5.08. The summed E-state index contributed by atoms with van der Waals surface area (Å²) in [6.07, 6.45) is -13.2. The minimum absolute atomic E-state index is 0.319. The number of benzene rings is 1. The average Bonchev–Trinajstić information content (AvgIpc) is 2.93. The number of esters is 1. The molecule has 46 heavy (non-hydrogen) atoms. The lowest BCUT2D eigenvalue weighted by molar-refractivity contribution is -0.193. The van der Waals surface area contributed by atoms with Crippen molar-refractivity contribution >= 4 is 23.9 Å². The van der Waals surface area contributed by atoms with Gasteiger partial charge >= 0.3 is 42.4 Å². The number of halogens is 9. The molecule has 0 saturated carbocycles. The largest absolute Gasteiger partial charge is 0.490 e. The molecule has 1 aromatic rings. The van der Waals surface area contributed by atoms with Gasteiger partial charge in [-0.1, -0.05) is 0 Å². The molecular formula is C23H32F9N3O11. The van der Waals surface area contributed by atoms with Crippen LogP contribution in [0.3, 0.4) is 0 Å². The molecule has 0 atom stereocenters. The number of ether oxygens (including phenoxy) is 4. The molecule has 268 valence electrons. The third-order valence-electron chi connectivity index (χ3n) is 3.98. The van der Waals surface area contributed by atoms with E-state index in [0.717, 1.165) is 0 Å². The Balaban J connectivity index is -0.000000710. The third-order valence-corrected chi connectivity index (χ3v) is 3.98. The molecular weight excluding hydrogens is 665 g/mol. The highest BCUT2D eigenvalue weighted by Crippen LogP contribution is 2.39. The van der Waals surface area contributed by atoms with Crippen molar-refractivity contribution in [1.29, 1.82) is 0 Å². The highest BCUT2D eigenvalue weighted by molar-refractivity contribution is 5.91. The van der Waals surface area contributed by atoms with Crippen LogP contribution in [0.25, 0.3) is 0 Å². The zero-order chi connectivity index (χ0) is 36.7. The number of hydrogen-bond donors (Lipinski definition) is 6. The predicted molar refractivity (Wildman–Crippen MR) is 136 cm³/mol. The summed E-state index contributed by atoms with van der Waals surface area (Å²) in [4.78, 5) is 38.6. The lowest BCUT2D eigenvalue weighted by atomic mass is 10.2. The van der Waals surface area contributed by atoms with Gasteiger partial charge in [0.25, 0.3) is 0 Å². The summed E-state index contributed by atoms with van der Waals surface area (Å²) in [6.45, 7) is 2.72. The Labute approximate surface area is 254 Å². The van der Waals surface area contributed by atoms with E-state index in [1.807, 2.05) is 0 Å². The van der Waals surface area contributed by atoms with Crippen molar-refractivity contribution in [3.8, 4) is 17.2 Å². The lowest BCUT2D eigenvalue weighted by Gasteiger charge is -2.18. The van der Waals surface area contributed by atoms with Crippen molar-refractivity contribution in [2.75, 3.05) is 46.6 Å². The van der Waals surface area contributed by atoms with Crippen LogP contribution in [0, 0.1) is 0 Å². The van der Waals surface area contributed by atoms with Gasteiger partial charge < -0.3 is 51.5 Å². The summed E-state index contributed by atoms with van der Waals surface area (Å²) in [5.41, 5.74) is 16.8. The number of hydrogen-bond acceptors (Lipinski definition) is 11. The van der Waals surface area contributed by atoms with Crippen molar-refractivity contribution in [2.24, 2.45) is 17.2 Å². The van der Waals surface area contributed by atoms with Crippen LogP contribution in [0.15, 0.2) is 12.1 Å². The molecule has 23 heteroatoms. The maximum atomic E-state index is 11.9. The highest BCUT2D eigenvalue weighted by Gasteiger charge is 2.39. The molecule has 0 aliphatic rings. The van der Waals surface area contributed by atoms with E-state index < -0.39 is 42.4 Å². The fourth-order valence-electron chi connectivity index (χ4n) is 1.96. The molecule has 14 nitrogen and oxygen atoms in total. The van der Waals surface area contributed by atoms with Crippen molar-refractivity contribution in [2.45, 2.75) is 37.8 Å². The van der Waals surface area contributed by atoms with Gasteiger partial charge in [0.15, 0.2) is 11.5 Å². The normalized spacial score (nSPS) is 10.8. The van der Waals surface area contributed by atoms with Gasteiger partial charge in [-0.2, -0.15) is 39.5 Å². The van der Waals surface area contributed by atoms with Gasteiger partial charge in [0.1, 0.15) is 0 Å². The molecule has 0 bridgehead atoms. The standard InChI is InChI=1S/C17H29N3O5.3C2HF3O2/c1-22-17(21)13-11-14(23-8-2-5-18)16(25-10-4-7-20)15(12-13)24-9-3-6-19;3*3-2(4,5)1(6)7/h11-12H,2-10,18-20H2,1H3;3*(H,6,7). The number of methoxy groups -OCH3 is 1. The molecule has 0 fully saturated rings. The second-order valence-corrected chi connectivity index (χ2v) is 7.67. The summed E-state index contributed by atoms with van der Waals surface area (Å²) < 4.78 is 117. The topological polar surface area (TPSA) is 244 Å². The van der Waals surface area contributed by atoms with E-state index >= 15 is 0 Å². The maximum absolute atomic E-state index is 11.9. The van der Waals surface area contributed by atoms with Crippen LogP contribution < -0.4 is 31.4 Å². The van der Waals surface area contributed by atoms with Gasteiger partial charge in [0.05, 0.1) is 32.5 Å². The first kappa shape index (κ1) is 46.2. The Morgan fingerprint density at radius 3 is 1.09 bits per heavy atom. The monoisotopic (exact) mass is 697 g/mol. The number of carbonyl (C=O) groups excluding carboxylic acids is 1. The molecule has 1 aromatic carbocycles. The number of aliphatic carboxylic acids is 3. The Morgan fingerprint density at radius 2 is 0.870 bits per heavy atom. The summed E-state index contributed by atoms with van der Waals surface area (Å²) in [7, 11) is 1.32. The molecule has 0 saturated heterocycles. The zero-order valence-electron chi connectivity index (χ0n) is 23.8. The average molecular weight is 698 g/mol. The van der Waals surface area contributed by atoms with Crippen LogP contribution in [-0.2, 0) is 19.1 Å². The van der Waals surface area contributed by atoms with E-state index in [1.165, 1.54) is 7.11 Å². The number of rotatable bonds is 13. The number of carbonyl (C=O) groups is 4. The summed E-state index contributed by atoms with van der Waals surface area (Å²) in [6, 6.07) is 3.16. The number of carboxylic acid groups (broad SMARTS) is 3. The first-order valence-corrected chi connectivity index (χ1v) is 12.2. The Bertz CT molecular complexity index is 981. The van der Waals surface area contributed by atoms with E-state index in [9.17, 15) is 44.3 Å². The van der Waals surface area contributed by atoms with Crippen LogP contribution in [0.4, 0.5) is 39.5 Å². The summed E-state index contributed by atoms with van der Waals surface area (Å²) in [5.74, 6) is -7.49. The molecule has 0 amide bonds. The molecule has 1 rings (SSSR count). The van der Waals surface area contributed by atoms with E-state index in [1.54, 1.807) is 12.1 Å². The van der Waals surface area contributed by atoms with Gasteiger partial charge in [-0.3, -0.25) is 0 Å². The molecule has 0 aliphatic heterocycles. The SMILES string of the molecule is COC(=O)c1cc(OCCCN)c(OCCCN)c(OCCCN)c1.O=C(O)C(F)(F)F.O=C(O)C(F)(F)F.O=C(O)C(F)(F)F. The van der Waals surface area contributed by atoms with E-state index in [4.69, 9.17) is 65.9 Å². The number of carboxylic acids is 3. The Kier molecular flexibility index (Phi) is 23.2. The Hall–Kier alpha value is -4.25. The Morgan fingerprint density at radius 1 is 0.609 bits per heavy atom. The molecule has 0 heterocycles. The molecule has 0 unspecified atom stereocenters. The van der Waals surface area contributed by atoms with Crippen LogP contribution in [-0.4, -0.2) is 104 Å². The molecule has 0 radical (unpaired) electrons. The number of nitrogens with two attached hydrogens (primary N) is 3. The third kappa shape index (κ3) is 23.2. The van der Waals surface area contributed by atoms with Crippen molar-refractivity contribution in [3.05, 3.63) is 17.7 Å². The van der Waals surface area contributed by atoms with E-state index in [-0.39, 0.29) is 0 Å². The van der Waals surface area contributed by atoms with Crippen LogP contribution >= 0.6 is 0 Å². The smallest absolute Gasteiger partial charge is 0.489 e. The predicted octanol–water partition coefficient (Wildman–Crippen LogP) is 2.56. The second-order valence-electron chi connectivity index (χ2n) is 7.67. The molecule has 0 aromatic heterocycles. The fraction of sp³-hybridized carbons (Fsp3) is 0.565. The maximum Gasteiger partial charge on any atom is 0.490 e. The number of alkyl halides is 9. The van der Waals surface area contributed by atoms with Gasteiger partial charge in [0, 0.05) is 0 Å². The van der Waals surface area contributed by atoms with Crippen molar-refractivity contribution in [3.63, 3.8) is 0 Å². The van der Waals surface area contributed by atoms with Crippen LogP contribution in [0.1, 0.15) is 29.6 Å². The summed E-state index contributed by atoms with van der Waals surface area (Å²) >= 11 is 0. The van der Waals surface area contributed by atoms with Gasteiger partial charge in [0.2, 0.25) is 5.75 Å². The van der Waals surface area contributed by atoms with E-state index in [0.29, 0.717) is 81.5 Å². The quantitative estimate of drug-likeness (QED) is 0.0986. The second kappa shape index (κ2) is 23.1. The van der Waals surface area contributed by atoms with Crippen molar-refractivity contribution in [1.82, 2.24) is 0 Å². The van der Waals surface area contributed by atoms with Crippen LogP contribution in [0.5, 0.6) is 17.2 Å². The first-order valence-electron chi connectivity index (χ1n) is 12.2. The van der Waals surface area contributed by atoms with E-state index in [2.05, 4.69) is 0 Å².